The summed E-state index contributed by atoms with van der Waals surface area (Å²) in [4.78, 5) is 12.5. The number of primary amides is 1. The lowest BCUT2D eigenvalue weighted by atomic mass is 10.1. The summed E-state index contributed by atoms with van der Waals surface area (Å²) in [5.41, 5.74) is 6.67. The summed E-state index contributed by atoms with van der Waals surface area (Å²) in [6.07, 6.45) is 0. The van der Waals surface area contributed by atoms with Crippen molar-refractivity contribution in [3.8, 4) is 5.75 Å². The van der Waals surface area contributed by atoms with Crippen LogP contribution in [0.5, 0.6) is 5.75 Å². The largest absolute Gasteiger partial charge is 0.507 e. The Kier molecular flexibility index (Phi) is 4.32. The molecular formula is C11H15BrN2O2. The number of hydrogen-bond acceptors (Lipinski definition) is 3. The van der Waals surface area contributed by atoms with Crippen molar-refractivity contribution in [3.63, 3.8) is 0 Å². The topological polar surface area (TPSA) is 66.6 Å². The van der Waals surface area contributed by atoms with Gasteiger partial charge in [-0.25, -0.2) is 0 Å². The van der Waals surface area contributed by atoms with Crippen molar-refractivity contribution in [1.82, 2.24) is 4.90 Å². The number of carbonyl (C=O) groups is 1. The summed E-state index contributed by atoms with van der Waals surface area (Å²) in [5.74, 6) is -0.117. The number of nitrogens with zero attached hydrogens (tertiary/aromatic N) is 1. The van der Waals surface area contributed by atoms with Crippen LogP contribution >= 0.6 is 15.9 Å². The number of rotatable bonds is 4. The van der Waals surface area contributed by atoms with E-state index in [1.54, 1.807) is 11.9 Å². The standard InChI is InChI=1S/C11H15BrN2O2/c1-7-3-9(12)4-8(11(7)16)5-14(2)6-10(13)15/h3-4,16H,5-6H2,1-2H3,(H2,13,15). The second-order valence-corrected chi connectivity index (χ2v) is 4.78. The fourth-order valence-electron chi connectivity index (χ4n) is 1.54. The summed E-state index contributed by atoms with van der Waals surface area (Å²) in [6.45, 7) is 2.48. The molecule has 0 aliphatic carbocycles. The Balaban J connectivity index is 2.84. The summed E-state index contributed by atoms with van der Waals surface area (Å²) >= 11 is 3.37. The zero-order chi connectivity index (χ0) is 12.3. The van der Waals surface area contributed by atoms with Crippen LogP contribution < -0.4 is 5.73 Å². The van der Waals surface area contributed by atoms with Crippen molar-refractivity contribution < 1.29 is 9.90 Å². The third kappa shape index (κ3) is 3.50. The van der Waals surface area contributed by atoms with Gasteiger partial charge in [0.15, 0.2) is 0 Å². The number of hydrogen-bond donors (Lipinski definition) is 2. The van der Waals surface area contributed by atoms with Crippen LogP contribution in [0.3, 0.4) is 0 Å². The minimum atomic E-state index is -0.381. The molecule has 0 fully saturated rings. The average Bonchev–Trinajstić information content (AvgIpc) is 2.11. The molecule has 0 aromatic heterocycles. The molecule has 4 nitrogen and oxygen atoms in total. The van der Waals surface area contributed by atoms with E-state index >= 15 is 0 Å². The third-order valence-corrected chi connectivity index (χ3v) is 2.67. The van der Waals surface area contributed by atoms with Crippen molar-refractivity contribution >= 4 is 21.8 Å². The zero-order valence-corrected chi connectivity index (χ0v) is 10.9. The van der Waals surface area contributed by atoms with E-state index in [-0.39, 0.29) is 18.2 Å². The molecule has 0 saturated heterocycles. The van der Waals surface area contributed by atoms with Gasteiger partial charge in [-0.2, -0.15) is 0 Å². The minimum absolute atomic E-state index is 0.172. The van der Waals surface area contributed by atoms with Gasteiger partial charge in [-0.3, -0.25) is 9.69 Å². The molecule has 16 heavy (non-hydrogen) atoms. The molecule has 5 heteroatoms. The number of aryl methyl sites for hydroxylation is 1. The first-order valence-corrected chi connectivity index (χ1v) is 5.64. The minimum Gasteiger partial charge on any atom is -0.507 e. The SMILES string of the molecule is Cc1cc(Br)cc(CN(C)CC(N)=O)c1O. The maximum absolute atomic E-state index is 10.7. The Morgan fingerprint density at radius 1 is 1.56 bits per heavy atom. The molecule has 0 saturated carbocycles. The van der Waals surface area contributed by atoms with Gasteiger partial charge in [0.25, 0.3) is 0 Å². The highest BCUT2D eigenvalue weighted by molar-refractivity contribution is 9.10. The Labute approximate surface area is 103 Å². The number of halogens is 1. The lowest BCUT2D eigenvalue weighted by Gasteiger charge is -2.16. The number of carbonyl (C=O) groups excluding carboxylic acids is 1. The highest BCUT2D eigenvalue weighted by Crippen LogP contribution is 2.27. The Bertz CT molecular complexity index is 407. The molecule has 0 unspecified atom stereocenters. The summed E-state index contributed by atoms with van der Waals surface area (Å²) in [6, 6.07) is 3.67. The van der Waals surface area contributed by atoms with Crippen molar-refractivity contribution in [3.05, 3.63) is 27.7 Å². The molecule has 88 valence electrons. The van der Waals surface area contributed by atoms with Gasteiger partial charge in [0.2, 0.25) is 5.91 Å². The zero-order valence-electron chi connectivity index (χ0n) is 9.33. The average molecular weight is 287 g/mol. The van der Waals surface area contributed by atoms with Gasteiger partial charge >= 0.3 is 0 Å². The lowest BCUT2D eigenvalue weighted by Crippen LogP contribution is -2.30. The molecule has 1 amide bonds. The molecule has 0 atom stereocenters. The summed E-state index contributed by atoms with van der Waals surface area (Å²) in [7, 11) is 1.78. The predicted molar refractivity (Wildman–Crippen MR) is 66.1 cm³/mol. The fraction of sp³-hybridized carbons (Fsp3) is 0.364. The van der Waals surface area contributed by atoms with Gasteiger partial charge in [0.05, 0.1) is 6.54 Å². The number of phenols is 1. The molecule has 0 radical (unpaired) electrons. The molecule has 1 rings (SSSR count). The normalized spacial score (nSPS) is 10.8. The van der Waals surface area contributed by atoms with Crippen LogP contribution in [0.25, 0.3) is 0 Å². The number of amides is 1. The maximum Gasteiger partial charge on any atom is 0.231 e. The fourth-order valence-corrected chi connectivity index (χ4v) is 2.16. The smallest absolute Gasteiger partial charge is 0.231 e. The van der Waals surface area contributed by atoms with E-state index in [4.69, 9.17) is 5.73 Å². The van der Waals surface area contributed by atoms with Crippen molar-refractivity contribution in [2.24, 2.45) is 5.73 Å². The summed E-state index contributed by atoms with van der Waals surface area (Å²) < 4.78 is 0.908. The van der Waals surface area contributed by atoms with E-state index in [9.17, 15) is 9.90 Å². The number of likely N-dealkylation sites (N-methyl/N-ethyl adjacent to an activating group) is 1. The van der Waals surface area contributed by atoms with Gasteiger partial charge in [-0.1, -0.05) is 15.9 Å². The third-order valence-electron chi connectivity index (χ3n) is 2.21. The van der Waals surface area contributed by atoms with Gasteiger partial charge in [-0.05, 0) is 31.7 Å². The second-order valence-electron chi connectivity index (χ2n) is 3.87. The van der Waals surface area contributed by atoms with Crippen LogP contribution in [0.15, 0.2) is 16.6 Å². The molecule has 0 aliphatic rings. The van der Waals surface area contributed by atoms with Crippen LogP contribution in [-0.2, 0) is 11.3 Å². The van der Waals surface area contributed by atoms with E-state index in [0.29, 0.717) is 6.54 Å². The molecule has 0 bridgehead atoms. The van der Waals surface area contributed by atoms with E-state index in [0.717, 1.165) is 15.6 Å². The van der Waals surface area contributed by atoms with Crippen LogP contribution in [0, 0.1) is 6.92 Å². The lowest BCUT2D eigenvalue weighted by molar-refractivity contribution is -0.118. The van der Waals surface area contributed by atoms with Crippen LogP contribution in [0.1, 0.15) is 11.1 Å². The predicted octanol–water partition coefficient (Wildman–Crippen LogP) is 1.38. The molecule has 0 aliphatic heterocycles. The number of aromatic hydroxyl groups is 1. The quantitative estimate of drug-likeness (QED) is 0.879. The molecule has 0 spiro atoms. The second kappa shape index (κ2) is 5.32. The highest BCUT2D eigenvalue weighted by Gasteiger charge is 2.10. The van der Waals surface area contributed by atoms with Crippen molar-refractivity contribution in [1.29, 1.82) is 0 Å². The van der Waals surface area contributed by atoms with Crippen LogP contribution in [-0.4, -0.2) is 29.5 Å². The molecule has 0 heterocycles. The van der Waals surface area contributed by atoms with E-state index in [2.05, 4.69) is 15.9 Å². The number of benzene rings is 1. The first kappa shape index (κ1) is 13.0. The van der Waals surface area contributed by atoms with Gasteiger partial charge < -0.3 is 10.8 Å². The van der Waals surface area contributed by atoms with Gasteiger partial charge in [0.1, 0.15) is 5.75 Å². The number of phenolic OH excluding ortho intramolecular Hbond substituents is 1. The molecule has 3 N–H and O–H groups in total. The highest BCUT2D eigenvalue weighted by atomic mass is 79.9. The van der Waals surface area contributed by atoms with Crippen LogP contribution in [0.4, 0.5) is 0 Å². The van der Waals surface area contributed by atoms with Crippen molar-refractivity contribution in [2.45, 2.75) is 13.5 Å². The van der Waals surface area contributed by atoms with Gasteiger partial charge in [0, 0.05) is 16.6 Å². The monoisotopic (exact) mass is 286 g/mol. The first-order valence-electron chi connectivity index (χ1n) is 4.85. The Morgan fingerprint density at radius 2 is 2.19 bits per heavy atom. The first-order chi connectivity index (χ1) is 7.40. The van der Waals surface area contributed by atoms with E-state index in [1.807, 2.05) is 19.1 Å². The molecule has 1 aromatic carbocycles. The van der Waals surface area contributed by atoms with E-state index in [1.165, 1.54) is 0 Å². The molecule has 1 aromatic rings. The number of nitrogens with two attached hydrogens (primary N) is 1. The summed E-state index contributed by atoms with van der Waals surface area (Å²) in [5, 5.41) is 9.84. The van der Waals surface area contributed by atoms with Gasteiger partial charge in [-0.15, -0.1) is 0 Å². The maximum atomic E-state index is 10.7. The van der Waals surface area contributed by atoms with E-state index < -0.39 is 0 Å². The van der Waals surface area contributed by atoms with Crippen LogP contribution in [0.2, 0.25) is 0 Å². The molecular weight excluding hydrogens is 272 g/mol. The van der Waals surface area contributed by atoms with Crippen molar-refractivity contribution in [2.75, 3.05) is 13.6 Å². The Hall–Kier alpha value is -1.07. The Morgan fingerprint density at radius 3 is 2.75 bits per heavy atom.